The van der Waals surface area contributed by atoms with Crippen LogP contribution in [-0.4, -0.2) is 0 Å². The Kier molecular flexibility index (Phi) is 4.75. The van der Waals surface area contributed by atoms with Gasteiger partial charge in [0.05, 0.1) is 22.3 Å². The molecule has 0 fully saturated rings. The van der Waals surface area contributed by atoms with Crippen LogP contribution in [0.15, 0.2) is 53.6 Å². The lowest BCUT2D eigenvalue weighted by Gasteiger charge is -2.12. The van der Waals surface area contributed by atoms with Gasteiger partial charge in [-0.2, -0.15) is 5.26 Å². The van der Waals surface area contributed by atoms with Gasteiger partial charge in [-0.15, -0.1) is 0 Å². The second-order valence-corrected chi connectivity index (χ2v) is 6.36. The Morgan fingerprint density at radius 2 is 2.04 bits per heavy atom. The van der Waals surface area contributed by atoms with Crippen molar-refractivity contribution in [3.8, 4) is 6.07 Å². The van der Waals surface area contributed by atoms with Crippen LogP contribution in [0, 0.1) is 17.1 Å². The molecular weight excluding hydrogens is 333 g/mol. The summed E-state index contributed by atoms with van der Waals surface area (Å²) in [5, 5.41) is 12.0. The van der Waals surface area contributed by atoms with Crippen LogP contribution in [0.4, 0.5) is 10.1 Å². The highest BCUT2D eigenvalue weighted by molar-refractivity contribution is 8.04. The lowest BCUT2D eigenvalue weighted by molar-refractivity contribution is 0.632. The van der Waals surface area contributed by atoms with E-state index in [1.807, 2.05) is 30.5 Å². The van der Waals surface area contributed by atoms with Crippen molar-refractivity contribution < 1.29 is 4.39 Å². The van der Waals surface area contributed by atoms with Crippen LogP contribution >= 0.6 is 23.5 Å². The Morgan fingerprint density at radius 3 is 2.78 bits per heavy atom. The Morgan fingerprint density at radius 1 is 1.26 bits per heavy atom. The van der Waals surface area contributed by atoms with Gasteiger partial charge >= 0.3 is 0 Å². The number of nitrogens with one attached hydrogen (secondary N) is 2. The van der Waals surface area contributed by atoms with Crippen LogP contribution < -0.4 is 10.0 Å². The Labute approximate surface area is 143 Å². The highest BCUT2D eigenvalue weighted by Crippen LogP contribution is 2.35. The normalized spacial score (nSPS) is 16.4. The zero-order valence-corrected chi connectivity index (χ0v) is 13.6. The quantitative estimate of drug-likeness (QED) is 0.767. The average Bonchev–Trinajstić information content (AvgIpc) is 3.06. The summed E-state index contributed by atoms with van der Waals surface area (Å²) in [6.07, 6.45) is 2.76. The second-order valence-electron chi connectivity index (χ2n) is 5.05. The Bertz CT molecular complexity index is 786. The molecule has 116 valence electrons. The summed E-state index contributed by atoms with van der Waals surface area (Å²) in [6.45, 7) is 0. The zero-order chi connectivity index (χ0) is 16.2. The average molecular weight is 346 g/mol. The lowest BCUT2D eigenvalue weighted by Crippen LogP contribution is -2.08. The summed E-state index contributed by atoms with van der Waals surface area (Å²) < 4.78 is 17.0. The molecule has 0 saturated heterocycles. The van der Waals surface area contributed by atoms with Crippen molar-refractivity contribution in [2.75, 3.05) is 4.72 Å². The molecule has 1 unspecified atom stereocenters. The van der Waals surface area contributed by atoms with Crippen LogP contribution in [0.25, 0.3) is 0 Å². The highest BCUT2D eigenvalue weighted by Gasteiger charge is 2.19. The predicted molar refractivity (Wildman–Crippen MR) is 92.4 cm³/mol. The fraction of sp³-hybridized carbons (Fsp3) is 0.118. The van der Waals surface area contributed by atoms with Crippen molar-refractivity contribution in [2.24, 2.45) is 0 Å². The molecule has 0 saturated carbocycles. The van der Waals surface area contributed by atoms with E-state index in [-0.39, 0.29) is 22.3 Å². The molecule has 23 heavy (non-hydrogen) atoms. The Hall–Kier alpha value is -2.16. The van der Waals surface area contributed by atoms with E-state index in [2.05, 4.69) is 22.2 Å². The van der Waals surface area contributed by atoms with Gasteiger partial charge in [0.2, 0.25) is 0 Å². The number of hydrogen-bond acceptors (Lipinski definition) is 4. The minimum atomic E-state index is -0.607. The first-order valence-corrected chi connectivity index (χ1v) is 8.19. The predicted octanol–water partition coefficient (Wildman–Crippen LogP) is 4.99. The molecule has 2 N–H and O–H groups in total. The maximum Gasteiger partial charge on any atom is 0.167 e. The SMILES string of the molecule is N#Cc1ccc(NSC2=CNC(c3ccccc3)C2)c(F)c1Cl. The van der Waals surface area contributed by atoms with E-state index in [0.717, 1.165) is 11.3 Å². The van der Waals surface area contributed by atoms with Crippen LogP contribution in [0.5, 0.6) is 0 Å². The van der Waals surface area contributed by atoms with Gasteiger partial charge < -0.3 is 10.0 Å². The number of nitrogens with zero attached hydrogens (tertiary/aromatic N) is 1. The molecule has 3 rings (SSSR count). The fourth-order valence-electron chi connectivity index (χ4n) is 2.32. The molecule has 0 aromatic heterocycles. The van der Waals surface area contributed by atoms with E-state index >= 15 is 0 Å². The van der Waals surface area contributed by atoms with Gasteiger partial charge in [-0.3, -0.25) is 0 Å². The molecule has 1 aliphatic heterocycles. The molecule has 2 aromatic rings. The van der Waals surface area contributed by atoms with Crippen molar-refractivity contribution in [1.29, 1.82) is 5.26 Å². The van der Waals surface area contributed by atoms with Crippen molar-refractivity contribution in [3.63, 3.8) is 0 Å². The van der Waals surface area contributed by atoms with Crippen LogP contribution in [0.3, 0.4) is 0 Å². The maximum atomic E-state index is 14.1. The van der Waals surface area contributed by atoms with E-state index in [1.54, 1.807) is 0 Å². The molecule has 2 aromatic carbocycles. The summed E-state index contributed by atoms with van der Waals surface area (Å²) >= 11 is 7.16. The number of benzene rings is 2. The smallest absolute Gasteiger partial charge is 0.167 e. The van der Waals surface area contributed by atoms with Crippen molar-refractivity contribution in [1.82, 2.24) is 5.32 Å². The zero-order valence-electron chi connectivity index (χ0n) is 12.0. The number of halogens is 2. The van der Waals surface area contributed by atoms with Crippen LogP contribution in [-0.2, 0) is 0 Å². The first kappa shape index (κ1) is 15.7. The molecule has 1 heterocycles. The largest absolute Gasteiger partial charge is 0.383 e. The molecule has 0 amide bonds. The number of rotatable bonds is 4. The third-order valence-electron chi connectivity index (χ3n) is 3.55. The molecule has 0 aliphatic carbocycles. The van der Waals surface area contributed by atoms with E-state index in [0.29, 0.717) is 0 Å². The standard InChI is InChI=1S/C17H13ClFN3S/c18-16-12(9-20)6-7-14(17(16)19)22-23-13-8-15(21-10-13)11-4-2-1-3-5-11/h1-7,10,15,21-22H,8H2. The third kappa shape index (κ3) is 3.44. The minimum Gasteiger partial charge on any atom is -0.383 e. The summed E-state index contributed by atoms with van der Waals surface area (Å²) in [7, 11) is 0. The van der Waals surface area contributed by atoms with Gasteiger partial charge in [0.1, 0.15) is 6.07 Å². The molecule has 6 heteroatoms. The Balaban J connectivity index is 1.62. The second kappa shape index (κ2) is 6.95. The van der Waals surface area contributed by atoms with Gasteiger partial charge in [0, 0.05) is 17.5 Å². The topological polar surface area (TPSA) is 47.9 Å². The number of anilines is 1. The van der Waals surface area contributed by atoms with E-state index < -0.39 is 5.82 Å². The summed E-state index contributed by atoms with van der Waals surface area (Å²) in [5.74, 6) is -0.607. The molecule has 0 radical (unpaired) electrons. The van der Waals surface area contributed by atoms with E-state index in [1.165, 1.54) is 29.6 Å². The minimum absolute atomic E-state index is 0.130. The van der Waals surface area contributed by atoms with Gasteiger partial charge in [0.25, 0.3) is 0 Å². The molecular formula is C17H13ClFN3S. The fourth-order valence-corrected chi connectivity index (χ4v) is 3.30. The molecule has 1 aliphatic rings. The number of hydrogen-bond donors (Lipinski definition) is 2. The van der Waals surface area contributed by atoms with Crippen LogP contribution in [0.1, 0.15) is 23.6 Å². The first-order valence-electron chi connectivity index (χ1n) is 7.00. The van der Waals surface area contributed by atoms with Gasteiger partial charge in [0.15, 0.2) is 5.82 Å². The van der Waals surface area contributed by atoms with Crippen molar-refractivity contribution >= 4 is 29.2 Å². The molecule has 1 atom stereocenters. The summed E-state index contributed by atoms with van der Waals surface area (Å²) in [6, 6.07) is 15.3. The van der Waals surface area contributed by atoms with Crippen LogP contribution in [0.2, 0.25) is 5.02 Å². The highest BCUT2D eigenvalue weighted by atomic mass is 35.5. The van der Waals surface area contributed by atoms with Gasteiger partial charge in [-0.1, -0.05) is 41.9 Å². The number of nitriles is 1. The maximum absolute atomic E-state index is 14.1. The molecule has 0 bridgehead atoms. The monoisotopic (exact) mass is 345 g/mol. The summed E-state index contributed by atoms with van der Waals surface area (Å²) in [5.41, 5.74) is 1.61. The van der Waals surface area contributed by atoms with Crippen molar-refractivity contribution in [3.05, 3.63) is 75.5 Å². The van der Waals surface area contributed by atoms with E-state index in [4.69, 9.17) is 16.9 Å². The van der Waals surface area contributed by atoms with Gasteiger partial charge in [-0.05, 0) is 29.6 Å². The lowest BCUT2D eigenvalue weighted by atomic mass is 10.1. The van der Waals surface area contributed by atoms with Crippen molar-refractivity contribution in [2.45, 2.75) is 12.5 Å². The first-order chi connectivity index (χ1) is 11.2. The van der Waals surface area contributed by atoms with E-state index in [9.17, 15) is 4.39 Å². The summed E-state index contributed by atoms with van der Waals surface area (Å²) in [4.78, 5) is 1.07. The molecule has 3 nitrogen and oxygen atoms in total. The third-order valence-corrected chi connectivity index (χ3v) is 4.79. The van der Waals surface area contributed by atoms with Gasteiger partial charge in [-0.25, -0.2) is 4.39 Å². The molecule has 0 spiro atoms.